The van der Waals surface area contributed by atoms with Crippen molar-refractivity contribution in [3.8, 4) is 11.5 Å². The van der Waals surface area contributed by atoms with Crippen molar-refractivity contribution >= 4 is 23.5 Å². The normalized spacial score (nSPS) is 17.7. The molecular weight excluding hydrogens is 420 g/mol. The molecule has 1 aliphatic rings. The Morgan fingerprint density at radius 1 is 1.16 bits per heavy atom. The molecule has 11 nitrogen and oxygen atoms in total. The molecule has 11 heteroatoms. The van der Waals surface area contributed by atoms with E-state index in [-0.39, 0.29) is 17.8 Å². The van der Waals surface area contributed by atoms with E-state index in [1.165, 1.54) is 45.4 Å². The topological polar surface area (TPSA) is 140 Å². The molecule has 32 heavy (non-hydrogen) atoms. The zero-order valence-electron chi connectivity index (χ0n) is 17.7. The number of urea groups is 1. The van der Waals surface area contributed by atoms with Crippen molar-refractivity contribution in [1.82, 2.24) is 15.5 Å². The highest BCUT2D eigenvalue weighted by atomic mass is 16.6. The average molecular weight is 442 g/mol. The van der Waals surface area contributed by atoms with Crippen LogP contribution in [0, 0.1) is 10.1 Å². The fraction of sp³-hybridized carbons (Fsp3) is 0.286. The van der Waals surface area contributed by atoms with E-state index in [2.05, 4.69) is 10.6 Å². The summed E-state index contributed by atoms with van der Waals surface area (Å²) in [5.41, 5.74) is -0.753. The second kappa shape index (κ2) is 8.92. The second-order valence-corrected chi connectivity index (χ2v) is 7.22. The Labute approximate surface area is 183 Å². The number of nitrogens with zero attached hydrogens (tertiary/aromatic N) is 2. The zero-order chi connectivity index (χ0) is 23.5. The van der Waals surface area contributed by atoms with Crippen LogP contribution in [0.15, 0.2) is 42.5 Å². The number of nitro benzene ring substituents is 1. The van der Waals surface area contributed by atoms with Crippen LogP contribution in [0.4, 0.5) is 10.5 Å². The Balaban J connectivity index is 1.68. The molecule has 2 N–H and O–H groups in total. The molecule has 2 aromatic carbocycles. The summed E-state index contributed by atoms with van der Waals surface area (Å²) in [5, 5.41) is 16.2. The maximum atomic E-state index is 12.9. The third-order valence-corrected chi connectivity index (χ3v) is 5.15. The predicted molar refractivity (Wildman–Crippen MR) is 112 cm³/mol. The lowest BCUT2D eigenvalue weighted by Gasteiger charge is -2.22. The summed E-state index contributed by atoms with van der Waals surface area (Å²) in [6.07, 6.45) is 0. The van der Waals surface area contributed by atoms with Crippen molar-refractivity contribution in [2.75, 3.05) is 20.8 Å². The predicted octanol–water partition coefficient (Wildman–Crippen LogP) is 1.70. The molecule has 0 bridgehead atoms. The maximum absolute atomic E-state index is 12.9. The minimum Gasteiger partial charge on any atom is -0.493 e. The van der Waals surface area contributed by atoms with Gasteiger partial charge in [0, 0.05) is 18.7 Å². The fourth-order valence-corrected chi connectivity index (χ4v) is 3.36. The Morgan fingerprint density at radius 3 is 2.53 bits per heavy atom. The molecule has 1 saturated heterocycles. The van der Waals surface area contributed by atoms with Crippen LogP contribution in [-0.4, -0.2) is 48.4 Å². The third kappa shape index (κ3) is 4.31. The summed E-state index contributed by atoms with van der Waals surface area (Å²) in [6, 6.07) is 9.82. The van der Waals surface area contributed by atoms with Gasteiger partial charge in [0.15, 0.2) is 11.5 Å². The minimum atomic E-state index is -1.52. The van der Waals surface area contributed by atoms with Crippen molar-refractivity contribution in [2.24, 2.45) is 0 Å². The summed E-state index contributed by atoms with van der Waals surface area (Å²) in [7, 11) is 3.01. The number of amides is 4. The highest BCUT2D eigenvalue weighted by Crippen LogP contribution is 2.31. The average Bonchev–Trinajstić information content (AvgIpc) is 3.01. The molecule has 1 aliphatic heterocycles. The molecule has 0 aliphatic carbocycles. The summed E-state index contributed by atoms with van der Waals surface area (Å²) in [5.74, 6) is -0.181. The van der Waals surface area contributed by atoms with Crippen molar-refractivity contribution in [1.29, 1.82) is 0 Å². The smallest absolute Gasteiger partial charge is 0.325 e. The Bertz CT molecular complexity index is 1090. The quantitative estimate of drug-likeness (QED) is 0.360. The third-order valence-electron chi connectivity index (χ3n) is 5.15. The first-order chi connectivity index (χ1) is 15.2. The number of carbonyl (C=O) groups excluding carboxylic acids is 3. The van der Waals surface area contributed by atoms with Crippen molar-refractivity contribution < 1.29 is 28.8 Å². The van der Waals surface area contributed by atoms with Gasteiger partial charge in [-0.1, -0.05) is 18.2 Å². The van der Waals surface area contributed by atoms with Crippen LogP contribution in [0.25, 0.3) is 0 Å². The van der Waals surface area contributed by atoms with E-state index in [9.17, 15) is 24.5 Å². The molecule has 3 rings (SSSR count). The number of methoxy groups -OCH3 is 2. The number of ether oxygens (including phenoxy) is 2. The fourth-order valence-electron chi connectivity index (χ4n) is 3.36. The minimum absolute atomic E-state index is 0.144. The van der Waals surface area contributed by atoms with E-state index in [0.29, 0.717) is 11.5 Å². The van der Waals surface area contributed by atoms with Gasteiger partial charge in [0.1, 0.15) is 12.1 Å². The number of carbonyl (C=O) groups is 3. The summed E-state index contributed by atoms with van der Waals surface area (Å²) < 4.78 is 10.4. The first kappa shape index (κ1) is 22.5. The summed E-state index contributed by atoms with van der Waals surface area (Å²) in [6.45, 7) is 1.08. The molecule has 0 spiro atoms. The van der Waals surface area contributed by atoms with Crippen LogP contribution in [0.3, 0.4) is 0 Å². The zero-order valence-corrected chi connectivity index (χ0v) is 17.7. The molecule has 1 atom stereocenters. The molecule has 4 amide bonds. The van der Waals surface area contributed by atoms with Gasteiger partial charge in [0.2, 0.25) is 5.91 Å². The first-order valence-corrected chi connectivity index (χ1v) is 9.56. The largest absolute Gasteiger partial charge is 0.493 e. The number of benzene rings is 2. The van der Waals surface area contributed by atoms with Gasteiger partial charge in [-0.25, -0.2) is 4.79 Å². The Morgan fingerprint density at radius 2 is 1.88 bits per heavy atom. The number of nitrogens with one attached hydrogen (secondary N) is 2. The van der Waals surface area contributed by atoms with Crippen LogP contribution < -0.4 is 20.1 Å². The van der Waals surface area contributed by atoms with Gasteiger partial charge in [-0.2, -0.15) is 0 Å². The van der Waals surface area contributed by atoms with Crippen molar-refractivity contribution in [2.45, 2.75) is 19.0 Å². The SMILES string of the molecule is COc1ccc(CNC(=O)CN2C(=O)NC(C)(c3cccc([N+](=O)[O-])c3)C2=O)cc1OC. The lowest BCUT2D eigenvalue weighted by Crippen LogP contribution is -2.43. The van der Waals surface area contributed by atoms with Crippen molar-refractivity contribution in [3.63, 3.8) is 0 Å². The lowest BCUT2D eigenvalue weighted by atomic mass is 9.91. The van der Waals surface area contributed by atoms with E-state index in [0.717, 1.165) is 10.5 Å². The molecule has 168 valence electrons. The molecule has 1 fully saturated rings. The van der Waals surface area contributed by atoms with Gasteiger partial charge in [0.05, 0.1) is 19.1 Å². The molecule has 0 saturated carbocycles. The van der Waals surface area contributed by atoms with Crippen LogP contribution in [-0.2, 0) is 21.7 Å². The van der Waals surface area contributed by atoms with Gasteiger partial charge >= 0.3 is 6.03 Å². The van der Waals surface area contributed by atoms with Crippen LogP contribution >= 0.6 is 0 Å². The second-order valence-electron chi connectivity index (χ2n) is 7.22. The van der Waals surface area contributed by atoms with Crippen LogP contribution in [0.1, 0.15) is 18.1 Å². The van der Waals surface area contributed by atoms with Gasteiger partial charge < -0.3 is 20.1 Å². The van der Waals surface area contributed by atoms with E-state index < -0.39 is 34.9 Å². The molecule has 0 aromatic heterocycles. The standard InChI is InChI=1S/C21H22N4O7/c1-21(14-5-4-6-15(10-14)25(29)30)19(27)24(20(28)23-21)12-18(26)22-11-13-7-8-16(31-2)17(9-13)32-3/h4-10H,11-12H2,1-3H3,(H,22,26)(H,23,28). The van der Waals surface area contributed by atoms with Crippen LogP contribution in [0.5, 0.6) is 11.5 Å². The van der Waals surface area contributed by atoms with E-state index in [1.54, 1.807) is 18.2 Å². The summed E-state index contributed by atoms with van der Waals surface area (Å²) in [4.78, 5) is 49.0. The molecule has 0 radical (unpaired) electrons. The number of imide groups is 1. The maximum Gasteiger partial charge on any atom is 0.325 e. The van der Waals surface area contributed by atoms with Crippen LogP contribution in [0.2, 0.25) is 0 Å². The summed E-state index contributed by atoms with van der Waals surface area (Å²) >= 11 is 0. The number of rotatable bonds is 8. The molecule has 1 heterocycles. The highest BCUT2D eigenvalue weighted by molar-refractivity contribution is 6.09. The molecular formula is C21H22N4O7. The van der Waals surface area contributed by atoms with Gasteiger partial charge in [0.25, 0.3) is 11.6 Å². The molecule has 1 unspecified atom stereocenters. The number of non-ortho nitro benzene ring substituents is 1. The number of nitro groups is 1. The number of hydrogen-bond donors (Lipinski definition) is 2. The van der Waals surface area contributed by atoms with Gasteiger partial charge in [-0.15, -0.1) is 0 Å². The number of hydrogen-bond acceptors (Lipinski definition) is 7. The highest BCUT2D eigenvalue weighted by Gasteiger charge is 2.49. The van der Waals surface area contributed by atoms with Crippen molar-refractivity contribution in [3.05, 3.63) is 63.7 Å². The Kier molecular flexibility index (Phi) is 6.28. The monoisotopic (exact) mass is 442 g/mol. The van der Waals surface area contributed by atoms with Gasteiger partial charge in [-0.05, 0) is 30.2 Å². The van der Waals surface area contributed by atoms with Gasteiger partial charge in [-0.3, -0.25) is 24.6 Å². The van der Waals surface area contributed by atoms with E-state index in [4.69, 9.17) is 9.47 Å². The lowest BCUT2D eigenvalue weighted by molar-refractivity contribution is -0.385. The van der Waals surface area contributed by atoms with E-state index >= 15 is 0 Å². The Hall–Kier alpha value is -4.15. The van der Waals surface area contributed by atoms with E-state index in [1.807, 2.05) is 0 Å². The molecule has 2 aromatic rings. The first-order valence-electron chi connectivity index (χ1n) is 9.56.